The van der Waals surface area contributed by atoms with E-state index in [1.165, 1.54) is 44.7 Å². The summed E-state index contributed by atoms with van der Waals surface area (Å²) in [6.07, 6.45) is 10.2. The Morgan fingerprint density at radius 2 is 1.79 bits per heavy atom. The van der Waals surface area contributed by atoms with Gasteiger partial charge in [0.2, 0.25) is 17.8 Å². The molecular weight excluding hydrogens is 524 g/mol. The third kappa shape index (κ3) is 5.51. The average Bonchev–Trinajstić information content (AvgIpc) is 2.93. The normalized spacial score (nSPS) is 14.4. The largest absolute Gasteiger partial charge is 0.480 e. The van der Waals surface area contributed by atoms with Crippen molar-refractivity contribution in [2.75, 3.05) is 17.1 Å². The Balaban J connectivity index is 1.46. The number of methoxy groups -OCH3 is 1. The number of halogens is 1. The molecule has 0 atom stereocenters. The van der Waals surface area contributed by atoms with Crippen LogP contribution >= 0.6 is 11.6 Å². The van der Waals surface area contributed by atoms with Crippen LogP contribution in [0.3, 0.4) is 0 Å². The highest BCUT2D eigenvalue weighted by molar-refractivity contribution is 7.92. The molecule has 4 aromatic rings. The fourth-order valence-corrected chi connectivity index (χ4v) is 6.22. The molecule has 5 rings (SSSR count). The van der Waals surface area contributed by atoms with Gasteiger partial charge in [-0.1, -0.05) is 49.9 Å². The van der Waals surface area contributed by atoms with E-state index in [1.807, 2.05) is 18.3 Å². The predicted octanol–water partition coefficient (Wildman–Crippen LogP) is 5.86. The van der Waals surface area contributed by atoms with Gasteiger partial charge in [-0.2, -0.15) is 4.98 Å². The highest BCUT2D eigenvalue weighted by Gasteiger charge is 2.21. The first kappa shape index (κ1) is 26.1. The van der Waals surface area contributed by atoms with Crippen LogP contribution in [-0.2, 0) is 16.4 Å². The second-order valence-electron chi connectivity index (χ2n) is 9.25. The lowest BCUT2D eigenvalue weighted by Crippen LogP contribution is -2.23. The molecule has 198 valence electrons. The SMILES string of the molecule is CCc1cc(-c2cnc(NS(=O)(=O)c3ccccc3Cl)nc2OC)cc2cnc(NC3CCCCC3)nc12. The summed E-state index contributed by atoms with van der Waals surface area (Å²) in [6.45, 7) is 2.08. The minimum atomic E-state index is -3.99. The lowest BCUT2D eigenvalue weighted by Gasteiger charge is -2.22. The van der Waals surface area contributed by atoms with Gasteiger partial charge in [-0.25, -0.2) is 28.1 Å². The molecule has 1 fully saturated rings. The maximum Gasteiger partial charge on any atom is 0.265 e. The standard InChI is InChI=1S/C27H29ClN6O3S/c1-3-17-13-18(14-19-15-29-26(32-24(17)19)31-20-9-5-4-6-10-20)21-16-30-27(33-25(21)37-2)34-38(35,36)23-12-8-7-11-22(23)28/h7-8,11-16,20H,3-6,9-10H2,1-2H3,(H,29,31,32)(H,30,33,34). The van der Waals surface area contributed by atoms with Crippen molar-refractivity contribution >= 4 is 44.4 Å². The predicted molar refractivity (Wildman–Crippen MR) is 149 cm³/mol. The summed E-state index contributed by atoms with van der Waals surface area (Å²) >= 11 is 6.07. The Labute approximate surface area is 227 Å². The Kier molecular flexibility index (Phi) is 7.62. The first-order valence-electron chi connectivity index (χ1n) is 12.6. The molecule has 2 aromatic carbocycles. The van der Waals surface area contributed by atoms with Gasteiger partial charge in [-0.3, -0.25) is 0 Å². The second kappa shape index (κ2) is 11.1. The molecule has 1 aliphatic rings. The first-order chi connectivity index (χ1) is 18.4. The molecule has 0 spiro atoms. The molecule has 0 saturated heterocycles. The summed E-state index contributed by atoms with van der Waals surface area (Å²) in [5, 5.41) is 4.49. The van der Waals surface area contributed by atoms with Gasteiger partial charge in [0.15, 0.2) is 0 Å². The van der Waals surface area contributed by atoms with Crippen LogP contribution in [0.15, 0.2) is 53.7 Å². The highest BCUT2D eigenvalue weighted by Crippen LogP contribution is 2.33. The van der Waals surface area contributed by atoms with Gasteiger partial charge in [-0.15, -0.1) is 0 Å². The quantitative estimate of drug-likeness (QED) is 0.279. The summed E-state index contributed by atoms with van der Waals surface area (Å²) in [4.78, 5) is 17.9. The number of anilines is 2. The van der Waals surface area contributed by atoms with Crippen LogP contribution in [0.2, 0.25) is 5.02 Å². The molecule has 0 radical (unpaired) electrons. The van der Waals surface area contributed by atoms with E-state index in [0.717, 1.165) is 41.3 Å². The average molecular weight is 553 g/mol. The van der Waals surface area contributed by atoms with Crippen LogP contribution < -0.4 is 14.8 Å². The number of rotatable bonds is 8. The molecule has 0 unspecified atom stereocenters. The van der Waals surface area contributed by atoms with Crippen LogP contribution in [0.1, 0.15) is 44.6 Å². The van der Waals surface area contributed by atoms with E-state index in [4.69, 9.17) is 21.3 Å². The smallest absolute Gasteiger partial charge is 0.265 e. The van der Waals surface area contributed by atoms with E-state index >= 15 is 0 Å². The molecular formula is C27H29ClN6O3S. The van der Waals surface area contributed by atoms with Crippen molar-refractivity contribution in [2.24, 2.45) is 0 Å². The number of hydrogen-bond donors (Lipinski definition) is 2. The van der Waals surface area contributed by atoms with Crippen molar-refractivity contribution in [3.8, 4) is 17.0 Å². The molecule has 1 aliphatic carbocycles. The molecule has 0 amide bonds. The number of sulfonamides is 1. The van der Waals surface area contributed by atoms with Gasteiger partial charge in [0.1, 0.15) is 4.90 Å². The van der Waals surface area contributed by atoms with Crippen LogP contribution in [0.25, 0.3) is 22.0 Å². The minimum absolute atomic E-state index is 0.0622. The van der Waals surface area contributed by atoms with Gasteiger partial charge in [0.05, 0.1) is 23.2 Å². The number of ether oxygens (including phenoxy) is 1. The summed E-state index contributed by atoms with van der Waals surface area (Å²) in [5.41, 5.74) is 3.39. The third-order valence-corrected chi connectivity index (χ3v) is 8.52. The highest BCUT2D eigenvalue weighted by atomic mass is 35.5. The Morgan fingerprint density at radius 1 is 1.03 bits per heavy atom. The summed E-state index contributed by atoms with van der Waals surface area (Å²) in [7, 11) is -2.51. The van der Waals surface area contributed by atoms with Gasteiger partial charge in [0, 0.05) is 23.8 Å². The van der Waals surface area contributed by atoms with Crippen molar-refractivity contribution in [2.45, 2.75) is 56.4 Å². The van der Waals surface area contributed by atoms with Crippen molar-refractivity contribution in [1.82, 2.24) is 19.9 Å². The molecule has 9 nitrogen and oxygen atoms in total. The number of aromatic nitrogens is 4. The monoisotopic (exact) mass is 552 g/mol. The zero-order valence-corrected chi connectivity index (χ0v) is 22.8. The Hall–Kier alpha value is -3.50. The molecule has 2 N–H and O–H groups in total. The second-order valence-corrected chi connectivity index (χ2v) is 11.3. The minimum Gasteiger partial charge on any atom is -0.480 e. The maximum atomic E-state index is 12.8. The number of nitrogens with one attached hydrogen (secondary N) is 2. The lowest BCUT2D eigenvalue weighted by molar-refractivity contribution is 0.399. The number of aryl methyl sites for hydroxylation is 1. The van der Waals surface area contributed by atoms with Gasteiger partial charge in [0.25, 0.3) is 10.0 Å². The van der Waals surface area contributed by atoms with E-state index in [0.29, 0.717) is 17.6 Å². The number of benzene rings is 2. The van der Waals surface area contributed by atoms with E-state index in [1.54, 1.807) is 12.1 Å². The van der Waals surface area contributed by atoms with Gasteiger partial charge >= 0.3 is 0 Å². The molecule has 2 heterocycles. The van der Waals surface area contributed by atoms with Gasteiger partial charge in [-0.05, 0) is 54.7 Å². The van der Waals surface area contributed by atoms with Crippen LogP contribution in [0.5, 0.6) is 5.88 Å². The van der Waals surface area contributed by atoms with E-state index in [2.05, 4.69) is 31.9 Å². The fraction of sp³-hybridized carbons (Fsp3) is 0.333. The number of nitrogens with zero attached hydrogens (tertiary/aromatic N) is 4. The molecule has 38 heavy (non-hydrogen) atoms. The van der Waals surface area contributed by atoms with Crippen molar-refractivity contribution in [1.29, 1.82) is 0 Å². The van der Waals surface area contributed by atoms with Crippen LogP contribution in [-0.4, -0.2) is 41.5 Å². The van der Waals surface area contributed by atoms with Crippen LogP contribution in [0, 0.1) is 0 Å². The van der Waals surface area contributed by atoms with Gasteiger partial charge < -0.3 is 10.1 Å². The summed E-state index contributed by atoms with van der Waals surface area (Å²) < 4.78 is 33.5. The number of hydrogen-bond acceptors (Lipinski definition) is 8. The third-order valence-electron chi connectivity index (χ3n) is 6.69. The molecule has 11 heteroatoms. The van der Waals surface area contributed by atoms with E-state index < -0.39 is 10.0 Å². The molecule has 0 bridgehead atoms. The van der Waals surface area contributed by atoms with Crippen LogP contribution in [0.4, 0.5) is 11.9 Å². The maximum absolute atomic E-state index is 12.8. The zero-order valence-electron chi connectivity index (χ0n) is 21.2. The van der Waals surface area contributed by atoms with Crippen molar-refractivity contribution < 1.29 is 13.2 Å². The molecule has 2 aromatic heterocycles. The number of fused-ring (bicyclic) bond motifs is 1. The molecule has 0 aliphatic heterocycles. The van der Waals surface area contributed by atoms with E-state index in [-0.39, 0.29) is 21.7 Å². The van der Waals surface area contributed by atoms with E-state index in [9.17, 15) is 8.42 Å². The topological polar surface area (TPSA) is 119 Å². The molecule has 1 saturated carbocycles. The van der Waals surface area contributed by atoms with Crippen molar-refractivity contribution in [3.63, 3.8) is 0 Å². The first-order valence-corrected chi connectivity index (χ1v) is 14.5. The zero-order chi connectivity index (χ0) is 26.7. The Bertz CT molecular complexity index is 1570. The fourth-order valence-electron chi connectivity index (χ4n) is 4.75. The lowest BCUT2D eigenvalue weighted by atomic mass is 9.96. The Morgan fingerprint density at radius 3 is 2.53 bits per heavy atom. The summed E-state index contributed by atoms with van der Waals surface area (Å²) in [5.74, 6) is 0.765. The summed E-state index contributed by atoms with van der Waals surface area (Å²) in [6, 6.07) is 10.6. The van der Waals surface area contributed by atoms with Crippen molar-refractivity contribution in [3.05, 3.63) is 59.4 Å².